The molecule has 1 amide bonds. The number of imidazole rings is 1. The molecule has 8 nitrogen and oxygen atoms in total. The standard InChI is InChI=1S/C21H27FN4O4S/c1-14-23-20(13-25(14)2)31(28,29)24-17-11-18(15-3-5-16(22)6-4-15)19(12-17)21(27)26-7-9-30-10-8-26/h3-6,13,17-19,24H,7-12H2,1-2H3/t17-,18+,19-/m0/s1. The van der Waals surface area contributed by atoms with Crippen molar-refractivity contribution in [2.45, 2.75) is 36.8 Å². The van der Waals surface area contributed by atoms with Gasteiger partial charge in [-0.2, -0.15) is 0 Å². The molecule has 0 spiro atoms. The van der Waals surface area contributed by atoms with Crippen LogP contribution in [0.5, 0.6) is 0 Å². The molecule has 0 unspecified atom stereocenters. The lowest BCUT2D eigenvalue weighted by Crippen LogP contribution is -2.44. The van der Waals surface area contributed by atoms with Crippen LogP contribution in [-0.2, 0) is 26.6 Å². The first kappa shape index (κ1) is 21.9. The second-order valence-corrected chi connectivity index (χ2v) is 9.89. The van der Waals surface area contributed by atoms with Crippen LogP contribution in [0.3, 0.4) is 0 Å². The molecular weight excluding hydrogens is 423 g/mol. The Labute approximate surface area is 181 Å². The number of carbonyl (C=O) groups is 1. The Bertz CT molecular complexity index is 1030. The van der Waals surface area contributed by atoms with Crippen molar-refractivity contribution < 1.29 is 22.3 Å². The van der Waals surface area contributed by atoms with Gasteiger partial charge in [-0.05, 0) is 43.4 Å². The second kappa shape index (κ2) is 8.68. The fourth-order valence-corrected chi connectivity index (χ4v) is 5.74. The lowest BCUT2D eigenvalue weighted by Gasteiger charge is -2.31. The minimum atomic E-state index is -3.82. The average Bonchev–Trinajstić information content (AvgIpc) is 3.32. The Kier molecular flexibility index (Phi) is 6.14. The van der Waals surface area contributed by atoms with Gasteiger partial charge in [-0.25, -0.2) is 22.5 Å². The van der Waals surface area contributed by atoms with Crippen LogP contribution in [0.2, 0.25) is 0 Å². The molecule has 1 aliphatic heterocycles. The van der Waals surface area contributed by atoms with E-state index in [2.05, 4.69) is 9.71 Å². The molecule has 1 aromatic carbocycles. The zero-order chi connectivity index (χ0) is 22.2. The van der Waals surface area contributed by atoms with Gasteiger partial charge in [0.15, 0.2) is 5.03 Å². The highest BCUT2D eigenvalue weighted by Gasteiger charge is 2.43. The Hall–Kier alpha value is -2.30. The van der Waals surface area contributed by atoms with E-state index in [0.29, 0.717) is 45.0 Å². The van der Waals surface area contributed by atoms with Gasteiger partial charge in [0.2, 0.25) is 5.91 Å². The summed E-state index contributed by atoms with van der Waals surface area (Å²) in [6, 6.07) is 5.69. The summed E-state index contributed by atoms with van der Waals surface area (Å²) in [5.74, 6) is -0.346. The lowest BCUT2D eigenvalue weighted by molar-refractivity contribution is -0.140. The SMILES string of the molecule is Cc1nc(S(=O)(=O)N[C@@H]2C[C@H](C(=O)N3CCOCC3)[C@@H](c3ccc(F)cc3)C2)cn1C. The number of rotatable bonds is 5. The van der Waals surface area contributed by atoms with Crippen LogP contribution in [0.25, 0.3) is 0 Å². The van der Waals surface area contributed by atoms with E-state index in [-0.39, 0.29) is 28.6 Å². The molecule has 2 heterocycles. The first-order valence-corrected chi connectivity index (χ1v) is 11.9. The molecule has 4 rings (SSSR count). The molecule has 0 radical (unpaired) electrons. The Morgan fingerprint density at radius 1 is 1.19 bits per heavy atom. The number of nitrogens with zero attached hydrogens (tertiary/aromatic N) is 3. The number of hydrogen-bond acceptors (Lipinski definition) is 5. The van der Waals surface area contributed by atoms with Gasteiger partial charge in [0.05, 0.1) is 13.2 Å². The Balaban J connectivity index is 1.57. The molecule has 1 saturated heterocycles. The molecular formula is C21H27FN4O4S. The van der Waals surface area contributed by atoms with Gasteiger partial charge in [0, 0.05) is 38.3 Å². The van der Waals surface area contributed by atoms with Crippen LogP contribution >= 0.6 is 0 Å². The third-order valence-electron chi connectivity index (χ3n) is 6.18. The van der Waals surface area contributed by atoms with Gasteiger partial charge in [-0.1, -0.05) is 12.1 Å². The lowest BCUT2D eigenvalue weighted by atomic mass is 9.88. The minimum absolute atomic E-state index is 0.00648. The zero-order valence-electron chi connectivity index (χ0n) is 17.6. The first-order chi connectivity index (χ1) is 14.7. The minimum Gasteiger partial charge on any atom is -0.378 e. The number of halogens is 1. The fourth-order valence-electron chi connectivity index (χ4n) is 4.44. The smallest absolute Gasteiger partial charge is 0.259 e. The van der Waals surface area contributed by atoms with Crippen molar-refractivity contribution in [1.29, 1.82) is 0 Å². The fraction of sp³-hybridized carbons (Fsp3) is 0.524. The molecule has 168 valence electrons. The van der Waals surface area contributed by atoms with E-state index in [1.54, 1.807) is 35.6 Å². The summed E-state index contributed by atoms with van der Waals surface area (Å²) in [5.41, 5.74) is 0.836. The number of benzene rings is 1. The number of hydrogen-bond donors (Lipinski definition) is 1. The van der Waals surface area contributed by atoms with Crippen molar-refractivity contribution in [2.75, 3.05) is 26.3 Å². The quantitative estimate of drug-likeness (QED) is 0.746. The number of carbonyl (C=O) groups excluding carboxylic acids is 1. The van der Waals surface area contributed by atoms with E-state index in [1.807, 2.05) is 0 Å². The maximum absolute atomic E-state index is 13.5. The molecule has 3 atom stereocenters. The van der Waals surface area contributed by atoms with E-state index in [4.69, 9.17) is 4.74 Å². The van der Waals surface area contributed by atoms with Gasteiger partial charge in [-0.15, -0.1) is 0 Å². The number of sulfonamides is 1. The number of morpholine rings is 1. The number of nitrogens with one attached hydrogen (secondary N) is 1. The van der Waals surface area contributed by atoms with Crippen LogP contribution in [0.4, 0.5) is 4.39 Å². The number of aryl methyl sites for hydroxylation is 2. The van der Waals surface area contributed by atoms with Gasteiger partial charge in [0.1, 0.15) is 11.6 Å². The highest BCUT2D eigenvalue weighted by Crippen LogP contribution is 2.41. The van der Waals surface area contributed by atoms with Gasteiger partial charge >= 0.3 is 0 Å². The van der Waals surface area contributed by atoms with E-state index < -0.39 is 16.1 Å². The predicted molar refractivity (Wildman–Crippen MR) is 111 cm³/mol. The number of ether oxygens (including phenoxy) is 1. The Morgan fingerprint density at radius 2 is 1.87 bits per heavy atom. The van der Waals surface area contributed by atoms with Gasteiger partial charge < -0.3 is 14.2 Å². The first-order valence-electron chi connectivity index (χ1n) is 10.4. The van der Waals surface area contributed by atoms with Crippen molar-refractivity contribution in [3.8, 4) is 0 Å². The van der Waals surface area contributed by atoms with E-state index in [9.17, 15) is 17.6 Å². The molecule has 31 heavy (non-hydrogen) atoms. The summed E-state index contributed by atoms with van der Waals surface area (Å²) in [6.07, 6.45) is 2.31. The molecule has 2 aliphatic rings. The summed E-state index contributed by atoms with van der Waals surface area (Å²) >= 11 is 0. The summed E-state index contributed by atoms with van der Waals surface area (Å²) < 4.78 is 48.9. The van der Waals surface area contributed by atoms with Crippen molar-refractivity contribution in [3.63, 3.8) is 0 Å². The number of amides is 1. The molecule has 1 saturated carbocycles. The zero-order valence-corrected chi connectivity index (χ0v) is 18.4. The van der Waals surface area contributed by atoms with Crippen LogP contribution in [0.15, 0.2) is 35.5 Å². The van der Waals surface area contributed by atoms with E-state index >= 15 is 0 Å². The normalized spacial score (nSPS) is 24.5. The summed E-state index contributed by atoms with van der Waals surface area (Å²) in [6.45, 7) is 3.77. The van der Waals surface area contributed by atoms with Crippen molar-refractivity contribution in [3.05, 3.63) is 47.7 Å². The summed E-state index contributed by atoms with van der Waals surface area (Å²) in [4.78, 5) is 19.2. The highest BCUT2D eigenvalue weighted by molar-refractivity contribution is 7.89. The van der Waals surface area contributed by atoms with Gasteiger partial charge in [0.25, 0.3) is 10.0 Å². The van der Waals surface area contributed by atoms with Gasteiger partial charge in [-0.3, -0.25) is 4.79 Å². The average molecular weight is 451 g/mol. The van der Waals surface area contributed by atoms with Crippen molar-refractivity contribution >= 4 is 15.9 Å². The maximum Gasteiger partial charge on any atom is 0.259 e. The molecule has 0 bridgehead atoms. The van der Waals surface area contributed by atoms with Crippen molar-refractivity contribution in [1.82, 2.24) is 19.2 Å². The molecule has 1 aromatic heterocycles. The van der Waals surface area contributed by atoms with E-state index in [0.717, 1.165) is 5.56 Å². The van der Waals surface area contributed by atoms with Crippen molar-refractivity contribution in [2.24, 2.45) is 13.0 Å². The monoisotopic (exact) mass is 450 g/mol. The third-order valence-corrected chi connectivity index (χ3v) is 7.58. The number of aromatic nitrogens is 2. The van der Waals surface area contributed by atoms with Crippen LogP contribution < -0.4 is 4.72 Å². The van der Waals surface area contributed by atoms with Crippen LogP contribution in [-0.4, -0.2) is 61.1 Å². The molecule has 2 aromatic rings. The van der Waals surface area contributed by atoms with Crippen LogP contribution in [0.1, 0.15) is 30.1 Å². The highest BCUT2D eigenvalue weighted by atomic mass is 32.2. The second-order valence-electron chi connectivity index (χ2n) is 8.23. The topological polar surface area (TPSA) is 93.5 Å². The summed E-state index contributed by atoms with van der Waals surface area (Å²) in [5, 5.41) is -0.0335. The molecule has 1 aliphatic carbocycles. The Morgan fingerprint density at radius 3 is 2.48 bits per heavy atom. The van der Waals surface area contributed by atoms with Crippen LogP contribution in [0, 0.1) is 18.7 Å². The molecule has 10 heteroatoms. The third kappa shape index (κ3) is 4.65. The largest absolute Gasteiger partial charge is 0.378 e. The van der Waals surface area contributed by atoms with E-state index in [1.165, 1.54) is 18.3 Å². The molecule has 2 fully saturated rings. The molecule has 1 N–H and O–H groups in total. The summed E-state index contributed by atoms with van der Waals surface area (Å²) in [7, 11) is -2.08. The maximum atomic E-state index is 13.5. The predicted octanol–water partition coefficient (Wildman–Crippen LogP) is 1.57.